The van der Waals surface area contributed by atoms with Crippen LogP contribution in [0.5, 0.6) is 0 Å². The van der Waals surface area contributed by atoms with Gasteiger partial charge in [-0.25, -0.2) is 13.6 Å². The molecule has 0 heterocycles. The molecule has 1 saturated carbocycles. The Morgan fingerprint density at radius 2 is 2.00 bits per heavy atom. The van der Waals surface area contributed by atoms with Crippen molar-refractivity contribution in [2.75, 3.05) is 12.4 Å². The van der Waals surface area contributed by atoms with E-state index in [2.05, 4.69) is 0 Å². The van der Waals surface area contributed by atoms with Gasteiger partial charge in [0, 0.05) is 5.41 Å². The van der Waals surface area contributed by atoms with Crippen LogP contribution in [0.2, 0.25) is 0 Å². The Balaban J connectivity index is 2.54. The van der Waals surface area contributed by atoms with Gasteiger partial charge in [0.25, 0.3) is 0 Å². The summed E-state index contributed by atoms with van der Waals surface area (Å²) < 4.78 is 33.0. The smallest absolute Gasteiger partial charge is 0.209 e. The van der Waals surface area contributed by atoms with Crippen LogP contribution in [-0.4, -0.2) is 20.8 Å². The minimum absolute atomic E-state index is 0.198. The first-order valence-corrected chi connectivity index (χ1v) is 4.75. The molecule has 0 atom stereocenters. The van der Waals surface area contributed by atoms with E-state index >= 15 is 0 Å². The molecular formula is C5H10FNO2S. The average Bonchev–Trinajstić information content (AvgIpc) is 2.45. The standard InChI is InChI=1S/C5H10FNO2S/c6-3-5(1-2-5)4-10(7,8)9/h1-4H2,(H2,7,8,9). The number of halogens is 1. The van der Waals surface area contributed by atoms with Gasteiger partial charge in [-0.3, -0.25) is 4.39 Å². The van der Waals surface area contributed by atoms with Gasteiger partial charge in [0.2, 0.25) is 10.0 Å². The zero-order valence-corrected chi connectivity index (χ0v) is 6.32. The summed E-state index contributed by atoms with van der Waals surface area (Å²) in [6, 6.07) is 0. The second-order valence-electron chi connectivity index (χ2n) is 2.94. The maximum Gasteiger partial charge on any atom is 0.209 e. The van der Waals surface area contributed by atoms with E-state index in [1.165, 1.54) is 0 Å². The van der Waals surface area contributed by atoms with E-state index in [4.69, 9.17) is 5.14 Å². The summed E-state index contributed by atoms with van der Waals surface area (Å²) in [5.41, 5.74) is -0.604. The van der Waals surface area contributed by atoms with Gasteiger partial charge in [-0.05, 0) is 12.8 Å². The Hall–Kier alpha value is -0.160. The van der Waals surface area contributed by atoms with Gasteiger partial charge in [-0.15, -0.1) is 0 Å². The van der Waals surface area contributed by atoms with Crippen molar-refractivity contribution in [2.24, 2.45) is 10.6 Å². The summed E-state index contributed by atoms with van der Waals surface area (Å²) in [5.74, 6) is -0.198. The van der Waals surface area contributed by atoms with Gasteiger partial charge in [0.05, 0.1) is 12.4 Å². The predicted molar refractivity (Wildman–Crippen MR) is 35.6 cm³/mol. The van der Waals surface area contributed by atoms with Crippen LogP contribution < -0.4 is 5.14 Å². The van der Waals surface area contributed by atoms with Crippen molar-refractivity contribution >= 4 is 10.0 Å². The zero-order valence-electron chi connectivity index (χ0n) is 5.51. The summed E-state index contributed by atoms with van der Waals surface area (Å²) in [6.45, 7) is -0.566. The molecule has 0 aromatic carbocycles. The lowest BCUT2D eigenvalue weighted by Gasteiger charge is -2.06. The molecule has 0 bridgehead atoms. The number of rotatable bonds is 3. The number of sulfonamides is 1. The Morgan fingerprint density at radius 1 is 1.50 bits per heavy atom. The van der Waals surface area contributed by atoms with Crippen molar-refractivity contribution in [1.82, 2.24) is 0 Å². The minimum atomic E-state index is -3.47. The fourth-order valence-electron chi connectivity index (χ4n) is 0.920. The lowest BCUT2D eigenvalue weighted by atomic mass is 10.2. The molecule has 1 rings (SSSR count). The van der Waals surface area contributed by atoms with Gasteiger partial charge in [0.1, 0.15) is 0 Å². The van der Waals surface area contributed by atoms with E-state index in [1.807, 2.05) is 0 Å². The number of hydrogen-bond donors (Lipinski definition) is 1. The highest BCUT2D eigenvalue weighted by Crippen LogP contribution is 2.46. The van der Waals surface area contributed by atoms with E-state index in [0.29, 0.717) is 12.8 Å². The fourth-order valence-corrected chi connectivity index (χ4v) is 2.14. The summed E-state index contributed by atoms with van der Waals surface area (Å²) in [7, 11) is -3.47. The van der Waals surface area contributed by atoms with E-state index in [-0.39, 0.29) is 5.75 Å². The maximum absolute atomic E-state index is 12.0. The van der Waals surface area contributed by atoms with Crippen LogP contribution in [0.3, 0.4) is 0 Å². The summed E-state index contributed by atoms with van der Waals surface area (Å²) in [5, 5.41) is 4.74. The highest BCUT2D eigenvalue weighted by atomic mass is 32.2. The topological polar surface area (TPSA) is 60.2 Å². The molecule has 0 radical (unpaired) electrons. The Kier molecular flexibility index (Phi) is 1.72. The third kappa shape index (κ3) is 1.91. The Bertz CT molecular complexity index is 220. The second kappa shape index (κ2) is 2.17. The van der Waals surface area contributed by atoms with Crippen LogP contribution in [-0.2, 0) is 10.0 Å². The van der Waals surface area contributed by atoms with E-state index in [9.17, 15) is 12.8 Å². The molecule has 0 aliphatic heterocycles. The van der Waals surface area contributed by atoms with Gasteiger partial charge in [-0.2, -0.15) is 0 Å². The highest BCUT2D eigenvalue weighted by Gasteiger charge is 2.45. The fraction of sp³-hybridized carbons (Fsp3) is 1.00. The third-order valence-electron chi connectivity index (χ3n) is 1.75. The van der Waals surface area contributed by atoms with Gasteiger partial charge in [0.15, 0.2) is 0 Å². The molecule has 0 spiro atoms. The molecule has 1 aliphatic rings. The Morgan fingerprint density at radius 3 is 2.10 bits per heavy atom. The third-order valence-corrected chi connectivity index (χ3v) is 2.76. The molecule has 3 nitrogen and oxygen atoms in total. The maximum atomic E-state index is 12.0. The second-order valence-corrected chi connectivity index (χ2v) is 4.56. The first kappa shape index (κ1) is 7.94. The van der Waals surface area contributed by atoms with Crippen LogP contribution in [0.15, 0.2) is 0 Å². The van der Waals surface area contributed by atoms with Crippen molar-refractivity contribution in [2.45, 2.75) is 12.8 Å². The number of nitrogens with two attached hydrogens (primary N) is 1. The molecule has 0 aromatic rings. The molecule has 0 saturated heterocycles. The van der Waals surface area contributed by atoms with Crippen LogP contribution in [0.25, 0.3) is 0 Å². The van der Waals surface area contributed by atoms with E-state index < -0.39 is 22.1 Å². The molecule has 1 aliphatic carbocycles. The molecule has 10 heavy (non-hydrogen) atoms. The quantitative estimate of drug-likeness (QED) is 0.644. The molecule has 5 heteroatoms. The van der Waals surface area contributed by atoms with E-state index in [1.54, 1.807) is 0 Å². The first-order valence-electron chi connectivity index (χ1n) is 3.04. The Labute approximate surface area is 59.5 Å². The SMILES string of the molecule is NS(=O)(=O)CC1(CF)CC1. The van der Waals surface area contributed by atoms with Crippen molar-refractivity contribution in [3.8, 4) is 0 Å². The average molecular weight is 167 g/mol. The van der Waals surface area contributed by atoms with Gasteiger partial charge >= 0.3 is 0 Å². The molecule has 1 fully saturated rings. The normalized spacial score (nSPS) is 22.6. The molecule has 0 aromatic heterocycles. The molecule has 60 valence electrons. The summed E-state index contributed by atoms with van der Waals surface area (Å²) >= 11 is 0. The molecule has 0 amide bonds. The summed E-state index contributed by atoms with van der Waals surface area (Å²) in [4.78, 5) is 0. The predicted octanol–water partition coefficient (Wildman–Crippen LogP) is 0.0246. The van der Waals surface area contributed by atoms with Gasteiger partial charge < -0.3 is 0 Å². The van der Waals surface area contributed by atoms with Crippen molar-refractivity contribution in [3.05, 3.63) is 0 Å². The van der Waals surface area contributed by atoms with Gasteiger partial charge in [-0.1, -0.05) is 0 Å². The number of hydrogen-bond acceptors (Lipinski definition) is 2. The summed E-state index contributed by atoms with van der Waals surface area (Å²) in [6.07, 6.45) is 1.31. The zero-order chi connectivity index (χ0) is 7.83. The van der Waals surface area contributed by atoms with Crippen molar-refractivity contribution in [1.29, 1.82) is 0 Å². The lowest BCUT2D eigenvalue weighted by molar-refractivity contribution is 0.367. The lowest BCUT2D eigenvalue weighted by Crippen LogP contribution is -2.25. The van der Waals surface area contributed by atoms with Crippen LogP contribution in [0.1, 0.15) is 12.8 Å². The largest absolute Gasteiger partial charge is 0.250 e. The van der Waals surface area contributed by atoms with Crippen molar-refractivity contribution in [3.63, 3.8) is 0 Å². The van der Waals surface area contributed by atoms with Crippen LogP contribution in [0, 0.1) is 5.41 Å². The highest BCUT2D eigenvalue weighted by molar-refractivity contribution is 7.89. The van der Waals surface area contributed by atoms with Crippen LogP contribution >= 0.6 is 0 Å². The number of primary sulfonamides is 1. The monoisotopic (exact) mass is 167 g/mol. The molecule has 2 N–H and O–H groups in total. The van der Waals surface area contributed by atoms with Crippen LogP contribution in [0.4, 0.5) is 4.39 Å². The number of alkyl halides is 1. The van der Waals surface area contributed by atoms with Crippen molar-refractivity contribution < 1.29 is 12.8 Å². The molecular weight excluding hydrogens is 157 g/mol. The van der Waals surface area contributed by atoms with E-state index in [0.717, 1.165) is 0 Å². The molecule has 0 unspecified atom stereocenters. The minimum Gasteiger partial charge on any atom is -0.250 e. The first-order chi connectivity index (χ1) is 4.47.